The lowest BCUT2D eigenvalue weighted by molar-refractivity contribution is -0.385. The van der Waals surface area contributed by atoms with E-state index in [0.29, 0.717) is 23.5 Å². The van der Waals surface area contributed by atoms with Crippen LogP contribution in [-0.2, 0) is 0 Å². The Morgan fingerprint density at radius 3 is 2.42 bits per heavy atom. The van der Waals surface area contributed by atoms with Gasteiger partial charge in [-0.15, -0.1) is 24.2 Å². The second kappa shape index (κ2) is 9.71. The monoisotopic (exact) mass is 377 g/mol. The average Bonchev–Trinajstić information content (AvgIpc) is 2.57. The number of nitrogens with zero attached hydrogens (tertiary/aromatic N) is 1. The molecule has 0 saturated carbocycles. The molecule has 0 heterocycles. The molecule has 0 saturated heterocycles. The zero-order chi connectivity index (χ0) is 17.6. The highest BCUT2D eigenvalue weighted by Crippen LogP contribution is 2.34. The van der Waals surface area contributed by atoms with Crippen LogP contribution < -0.4 is 15.8 Å². The quantitative estimate of drug-likeness (QED) is 0.409. The third-order valence-corrected chi connectivity index (χ3v) is 4.71. The molecule has 7 nitrogen and oxygen atoms in total. The Bertz CT molecular complexity index is 594. The number of hydrogen-bond donors (Lipinski definition) is 2. The summed E-state index contributed by atoms with van der Waals surface area (Å²) < 4.78 is 5.13. The van der Waals surface area contributed by atoms with Crippen molar-refractivity contribution in [2.75, 3.05) is 19.9 Å². The zero-order valence-corrected chi connectivity index (χ0v) is 15.9. The van der Waals surface area contributed by atoms with Gasteiger partial charge in [-0.1, -0.05) is 13.8 Å². The molecule has 1 amide bonds. The van der Waals surface area contributed by atoms with Crippen molar-refractivity contribution in [2.24, 2.45) is 5.73 Å². The molecule has 3 N–H and O–H groups in total. The second-order valence-electron chi connectivity index (χ2n) is 5.23. The Morgan fingerprint density at radius 1 is 1.42 bits per heavy atom. The first-order chi connectivity index (χ1) is 10.8. The van der Waals surface area contributed by atoms with E-state index >= 15 is 0 Å². The van der Waals surface area contributed by atoms with Crippen LogP contribution in [0, 0.1) is 10.1 Å². The van der Waals surface area contributed by atoms with Crippen molar-refractivity contribution in [1.29, 1.82) is 0 Å². The summed E-state index contributed by atoms with van der Waals surface area (Å²) in [7, 11) is 1.43. The van der Waals surface area contributed by atoms with Gasteiger partial charge in [0.25, 0.3) is 11.6 Å². The minimum absolute atomic E-state index is 0. The number of carbonyl (C=O) groups excluding carboxylic acids is 1. The molecule has 0 aromatic heterocycles. The lowest BCUT2D eigenvalue weighted by Gasteiger charge is -2.26. The van der Waals surface area contributed by atoms with Crippen LogP contribution in [0.1, 0.15) is 37.0 Å². The van der Waals surface area contributed by atoms with E-state index in [4.69, 9.17) is 10.5 Å². The molecule has 0 aliphatic heterocycles. The standard InChI is InChI=1S/C15H23N3O4S.ClH/c1-5-15(16,6-2)9-17-14(19)10-7-13(23-4)12(22-3)8-11(10)18(20)21;/h7-8H,5-6,9,16H2,1-4H3,(H,17,19);1H. The van der Waals surface area contributed by atoms with Gasteiger partial charge in [0.1, 0.15) is 11.3 Å². The fraction of sp³-hybridized carbons (Fsp3) is 0.533. The molecule has 1 rings (SSSR count). The van der Waals surface area contributed by atoms with Gasteiger partial charge in [-0.3, -0.25) is 14.9 Å². The fourth-order valence-corrected chi connectivity index (χ4v) is 2.63. The molecule has 0 fully saturated rings. The smallest absolute Gasteiger partial charge is 0.285 e. The van der Waals surface area contributed by atoms with Gasteiger partial charge in [-0.2, -0.15) is 0 Å². The SMILES string of the molecule is CCC(N)(CC)CNC(=O)c1cc(SC)c(OC)cc1[N+](=O)[O-].Cl. The number of methoxy groups -OCH3 is 1. The zero-order valence-electron chi connectivity index (χ0n) is 14.3. The highest BCUT2D eigenvalue weighted by atomic mass is 35.5. The molecule has 24 heavy (non-hydrogen) atoms. The van der Waals surface area contributed by atoms with Crippen molar-refractivity contribution >= 4 is 35.8 Å². The molecule has 1 aromatic carbocycles. The van der Waals surface area contributed by atoms with Crippen LogP contribution in [0.4, 0.5) is 5.69 Å². The average molecular weight is 378 g/mol. The summed E-state index contributed by atoms with van der Waals surface area (Å²) in [5.74, 6) is -0.137. The van der Waals surface area contributed by atoms with Gasteiger partial charge < -0.3 is 15.8 Å². The molecule has 0 radical (unpaired) electrons. The molecule has 136 valence electrons. The maximum atomic E-state index is 12.4. The molecule has 1 aromatic rings. The summed E-state index contributed by atoms with van der Waals surface area (Å²) in [6.07, 6.45) is 3.21. The second-order valence-corrected chi connectivity index (χ2v) is 6.08. The number of nitro groups is 1. The first-order valence-electron chi connectivity index (χ1n) is 7.29. The summed E-state index contributed by atoms with van der Waals surface area (Å²) in [6, 6.07) is 2.75. The highest BCUT2D eigenvalue weighted by molar-refractivity contribution is 7.98. The van der Waals surface area contributed by atoms with E-state index in [2.05, 4.69) is 5.32 Å². The van der Waals surface area contributed by atoms with E-state index in [9.17, 15) is 14.9 Å². The lowest BCUT2D eigenvalue weighted by Crippen LogP contribution is -2.49. The van der Waals surface area contributed by atoms with Gasteiger partial charge in [0.15, 0.2) is 0 Å². The minimum Gasteiger partial charge on any atom is -0.495 e. The van der Waals surface area contributed by atoms with Crippen LogP contribution in [0.5, 0.6) is 5.75 Å². The number of hydrogen-bond acceptors (Lipinski definition) is 6. The number of nitrogens with two attached hydrogens (primary N) is 1. The maximum Gasteiger partial charge on any atom is 0.285 e. The van der Waals surface area contributed by atoms with Crippen molar-refractivity contribution in [3.63, 3.8) is 0 Å². The van der Waals surface area contributed by atoms with E-state index in [1.807, 2.05) is 20.1 Å². The highest BCUT2D eigenvalue weighted by Gasteiger charge is 2.26. The van der Waals surface area contributed by atoms with Gasteiger partial charge in [0.05, 0.1) is 23.0 Å². The summed E-state index contributed by atoms with van der Waals surface area (Å²) in [5.41, 5.74) is 5.36. The molecule has 0 unspecified atom stereocenters. The van der Waals surface area contributed by atoms with Crippen LogP contribution in [0.15, 0.2) is 17.0 Å². The molecule has 0 aliphatic rings. The maximum absolute atomic E-state index is 12.4. The fourth-order valence-electron chi connectivity index (χ4n) is 2.05. The van der Waals surface area contributed by atoms with E-state index in [1.165, 1.54) is 31.0 Å². The summed E-state index contributed by atoms with van der Waals surface area (Å²) in [4.78, 5) is 23.7. The number of halogens is 1. The van der Waals surface area contributed by atoms with Crippen molar-refractivity contribution in [3.05, 3.63) is 27.8 Å². The predicted octanol–water partition coefficient (Wildman–Crippen LogP) is 2.99. The number of rotatable bonds is 8. The Labute approximate surface area is 152 Å². The third-order valence-electron chi connectivity index (χ3n) is 3.95. The number of nitrogens with one attached hydrogen (secondary N) is 1. The normalized spacial score (nSPS) is 10.7. The van der Waals surface area contributed by atoms with Gasteiger partial charge in [0.2, 0.25) is 0 Å². The van der Waals surface area contributed by atoms with E-state index in [-0.39, 0.29) is 30.2 Å². The van der Waals surface area contributed by atoms with Crippen molar-refractivity contribution in [1.82, 2.24) is 5.32 Å². The minimum atomic E-state index is -0.586. The molecule has 0 bridgehead atoms. The number of amides is 1. The summed E-state index contributed by atoms with van der Waals surface area (Å²) >= 11 is 1.35. The van der Waals surface area contributed by atoms with Crippen molar-refractivity contribution in [2.45, 2.75) is 37.1 Å². The number of thioether (sulfide) groups is 1. The predicted molar refractivity (Wildman–Crippen MR) is 98.5 cm³/mol. The lowest BCUT2D eigenvalue weighted by atomic mass is 9.94. The van der Waals surface area contributed by atoms with Gasteiger partial charge in [0, 0.05) is 12.1 Å². The van der Waals surface area contributed by atoms with E-state index < -0.39 is 16.4 Å². The number of carbonyl (C=O) groups is 1. The van der Waals surface area contributed by atoms with Crippen LogP contribution in [0.25, 0.3) is 0 Å². The van der Waals surface area contributed by atoms with E-state index in [0.717, 1.165) is 0 Å². The number of nitro benzene ring substituents is 1. The van der Waals surface area contributed by atoms with Crippen LogP contribution in [0.2, 0.25) is 0 Å². The largest absolute Gasteiger partial charge is 0.495 e. The molecule has 0 spiro atoms. The number of ether oxygens (including phenoxy) is 1. The van der Waals surface area contributed by atoms with Crippen molar-refractivity contribution in [3.8, 4) is 5.75 Å². The van der Waals surface area contributed by atoms with Gasteiger partial charge in [-0.05, 0) is 25.2 Å². The molecule has 9 heteroatoms. The first kappa shape index (κ1) is 22.5. The van der Waals surface area contributed by atoms with Crippen LogP contribution in [0.3, 0.4) is 0 Å². The molecule has 0 aliphatic carbocycles. The third kappa shape index (κ3) is 5.25. The summed E-state index contributed by atoms with van der Waals surface area (Å²) in [6.45, 7) is 4.14. The Hall–Kier alpha value is -1.51. The Morgan fingerprint density at radius 2 is 2.00 bits per heavy atom. The van der Waals surface area contributed by atoms with E-state index in [1.54, 1.807) is 0 Å². The Kier molecular flexibility index (Phi) is 9.09. The Balaban J connectivity index is 0.00000529. The van der Waals surface area contributed by atoms with Gasteiger partial charge in [-0.25, -0.2) is 0 Å². The topological polar surface area (TPSA) is 107 Å². The molecular formula is C15H24ClN3O4S. The first-order valence-corrected chi connectivity index (χ1v) is 8.51. The molecular weight excluding hydrogens is 354 g/mol. The van der Waals surface area contributed by atoms with Crippen LogP contribution >= 0.6 is 24.2 Å². The van der Waals surface area contributed by atoms with Crippen molar-refractivity contribution < 1.29 is 14.5 Å². The van der Waals surface area contributed by atoms with Crippen LogP contribution in [-0.4, -0.2) is 36.3 Å². The molecule has 0 atom stereocenters. The van der Waals surface area contributed by atoms with Gasteiger partial charge >= 0.3 is 0 Å². The summed E-state index contributed by atoms with van der Waals surface area (Å²) in [5, 5.41) is 14.0. The number of benzene rings is 1.